The van der Waals surface area contributed by atoms with Gasteiger partial charge in [-0.3, -0.25) is 4.79 Å². The van der Waals surface area contributed by atoms with Crippen LogP contribution in [0.4, 0.5) is 5.69 Å². The Morgan fingerprint density at radius 2 is 1.88 bits per heavy atom. The quantitative estimate of drug-likeness (QED) is 0.545. The average molecular weight is 336 g/mol. The Labute approximate surface area is 143 Å². The smallest absolute Gasteiger partial charge is 0.274 e. The number of nitrogens with zero attached hydrogens (tertiary/aromatic N) is 1. The standard InChI is InChI=1S/C19H14ClN3O/c1-11-5-6-12-7-8-13-9-16(23-18(13)17(12)21-11)19(24)22-15-4-2-3-14(20)10-15/h2-10,21H,1H3,(H,22,24). The molecular formula is C19H14ClN3O. The summed E-state index contributed by atoms with van der Waals surface area (Å²) in [6.07, 6.45) is 0. The number of aryl methyl sites for hydroxylation is 1. The summed E-state index contributed by atoms with van der Waals surface area (Å²) in [5.74, 6) is -0.255. The monoisotopic (exact) mass is 335 g/mol. The molecule has 0 aliphatic rings. The van der Waals surface area contributed by atoms with Crippen LogP contribution in [-0.4, -0.2) is 15.9 Å². The lowest BCUT2D eigenvalue weighted by Gasteiger charge is -2.03. The molecule has 4 rings (SSSR count). The topological polar surface area (TPSA) is 57.8 Å². The van der Waals surface area contributed by atoms with Gasteiger partial charge in [-0.15, -0.1) is 0 Å². The summed E-state index contributed by atoms with van der Waals surface area (Å²) in [6.45, 7) is 1.99. The number of carbonyl (C=O) groups excluding carboxylic acids is 1. The molecule has 118 valence electrons. The second-order valence-electron chi connectivity index (χ2n) is 5.71. The first-order valence-corrected chi connectivity index (χ1v) is 7.94. The van der Waals surface area contributed by atoms with Crippen molar-refractivity contribution < 1.29 is 4.79 Å². The van der Waals surface area contributed by atoms with E-state index < -0.39 is 0 Å². The third kappa shape index (κ3) is 2.61. The van der Waals surface area contributed by atoms with E-state index in [0.717, 1.165) is 27.5 Å². The number of aromatic amines is 1. The van der Waals surface area contributed by atoms with Gasteiger partial charge in [0, 0.05) is 27.2 Å². The zero-order chi connectivity index (χ0) is 16.7. The van der Waals surface area contributed by atoms with Crippen LogP contribution >= 0.6 is 11.6 Å². The summed E-state index contributed by atoms with van der Waals surface area (Å²) in [7, 11) is 0. The lowest BCUT2D eigenvalue weighted by Crippen LogP contribution is -2.12. The van der Waals surface area contributed by atoms with E-state index in [2.05, 4.69) is 15.3 Å². The molecule has 0 bridgehead atoms. The van der Waals surface area contributed by atoms with Crippen molar-refractivity contribution in [3.63, 3.8) is 0 Å². The minimum atomic E-state index is -0.255. The van der Waals surface area contributed by atoms with Crippen LogP contribution in [-0.2, 0) is 0 Å². The number of rotatable bonds is 2. The number of carbonyl (C=O) groups is 1. The van der Waals surface area contributed by atoms with Crippen LogP contribution < -0.4 is 5.32 Å². The molecule has 1 amide bonds. The van der Waals surface area contributed by atoms with Gasteiger partial charge in [-0.05, 0) is 37.3 Å². The fraction of sp³-hybridized carbons (Fsp3) is 0.0526. The van der Waals surface area contributed by atoms with E-state index in [0.29, 0.717) is 16.4 Å². The first-order valence-electron chi connectivity index (χ1n) is 7.56. The molecule has 4 nitrogen and oxygen atoms in total. The molecule has 4 aromatic rings. The van der Waals surface area contributed by atoms with E-state index in [1.807, 2.05) is 31.2 Å². The Bertz CT molecular complexity index is 1080. The zero-order valence-electron chi connectivity index (χ0n) is 12.9. The molecule has 2 N–H and O–H groups in total. The lowest BCUT2D eigenvalue weighted by molar-refractivity contribution is 0.102. The highest BCUT2D eigenvalue weighted by molar-refractivity contribution is 6.31. The number of nitrogens with one attached hydrogen (secondary N) is 2. The summed E-state index contributed by atoms with van der Waals surface area (Å²) in [6, 6.07) is 16.9. The van der Waals surface area contributed by atoms with Crippen molar-refractivity contribution in [1.82, 2.24) is 9.97 Å². The fourth-order valence-corrected chi connectivity index (χ4v) is 2.95. The van der Waals surface area contributed by atoms with Gasteiger partial charge in [-0.2, -0.15) is 0 Å². The Hall–Kier alpha value is -2.85. The molecular weight excluding hydrogens is 322 g/mol. The number of hydrogen-bond acceptors (Lipinski definition) is 2. The summed E-state index contributed by atoms with van der Waals surface area (Å²) < 4.78 is 0. The van der Waals surface area contributed by atoms with Crippen molar-refractivity contribution in [2.75, 3.05) is 5.32 Å². The number of fused-ring (bicyclic) bond motifs is 3. The van der Waals surface area contributed by atoms with E-state index in [1.165, 1.54) is 0 Å². The Morgan fingerprint density at radius 1 is 1.08 bits per heavy atom. The van der Waals surface area contributed by atoms with Gasteiger partial charge in [0.05, 0.1) is 11.0 Å². The van der Waals surface area contributed by atoms with E-state index >= 15 is 0 Å². The molecule has 0 aliphatic carbocycles. The van der Waals surface area contributed by atoms with Crippen molar-refractivity contribution in [2.24, 2.45) is 0 Å². The van der Waals surface area contributed by atoms with Crippen LogP contribution in [0, 0.1) is 6.92 Å². The number of pyridine rings is 1. The van der Waals surface area contributed by atoms with Gasteiger partial charge < -0.3 is 10.3 Å². The van der Waals surface area contributed by atoms with Gasteiger partial charge in [0.1, 0.15) is 5.69 Å². The molecule has 24 heavy (non-hydrogen) atoms. The third-order valence-corrected chi connectivity index (χ3v) is 4.15. The van der Waals surface area contributed by atoms with Gasteiger partial charge in [-0.1, -0.05) is 35.9 Å². The number of halogens is 1. The SMILES string of the molecule is Cc1ccc2ccc3cc(C(=O)Nc4cccc(Cl)c4)nc3c2[nH]1. The van der Waals surface area contributed by atoms with Crippen LogP contribution in [0.3, 0.4) is 0 Å². The molecule has 0 atom stereocenters. The summed E-state index contributed by atoms with van der Waals surface area (Å²) >= 11 is 5.95. The molecule has 0 radical (unpaired) electrons. The molecule has 0 fully saturated rings. The third-order valence-electron chi connectivity index (χ3n) is 3.92. The number of benzene rings is 2. The molecule has 0 saturated heterocycles. The van der Waals surface area contributed by atoms with Gasteiger partial charge in [-0.25, -0.2) is 4.98 Å². The number of hydrogen-bond donors (Lipinski definition) is 2. The second kappa shape index (κ2) is 5.65. The maximum absolute atomic E-state index is 12.5. The summed E-state index contributed by atoms with van der Waals surface area (Å²) in [4.78, 5) is 20.3. The predicted octanol–water partition coefficient (Wildman–Crippen LogP) is 4.93. The molecule has 2 aromatic heterocycles. The number of anilines is 1. The number of amides is 1. The van der Waals surface area contributed by atoms with Gasteiger partial charge in [0.25, 0.3) is 5.91 Å². The Balaban J connectivity index is 1.75. The zero-order valence-corrected chi connectivity index (χ0v) is 13.7. The van der Waals surface area contributed by atoms with Crippen LogP contribution in [0.2, 0.25) is 5.02 Å². The predicted molar refractivity (Wildman–Crippen MR) is 97.7 cm³/mol. The van der Waals surface area contributed by atoms with E-state index in [4.69, 9.17) is 11.6 Å². The maximum atomic E-state index is 12.5. The largest absolute Gasteiger partial charge is 0.357 e. The van der Waals surface area contributed by atoms with Gasteiger partial charge in [0.15, 0.2) is 0 Å². The van der Waals surface area contributed by atoms with E-state index in [1.54, 1.807) is 30.3 Å². The maximum Gasteiger partial charge on any atom is 0.274 e. The van der Waals surface area contributed by atoms with Crippen molar-refractivity contribution in [3.05, 3.63) is 71.0 Å². The van der Waals surface area contributed by atoms with Crippen LogP contribution in [0.25, 0.3) is 21.8 Å². The first-order chi connectivity index (χ1) is 11.6. The van der Waals surface area contributed by atoms with Crippen LogP contribution in [0.1, 0.15) is 16.2 Å². The normalized spacial score (nSPS) is 11.1. The van der Waals surface area contributed by atoms with E-state index in [9.17, 15) is 4.79 Å². The fourth-order valence-electron chi connectivity index (χ4n) is 2.76. The van der Waals surface area contributed by atoms with E-state index in [-0.39, 0.29) is 5.91 Å². The summed E-state index contributed by atoms with van der Waals surface area (Å²) in [5, 5.41) is 5.39. The van der Waals surface area contributed by atoms with Crippen LogP contribution in [0.15, 0.2) is 54.6 Å². The molecule has 0 saturated carbocycles. The Kier molecular flexibility index (Phi) is 3.47. The summed E-state index contributed by atoms with van der Waals surface area (Å²) in [5.41, 5.74) is 3.81. The molecule has 0 unspecified atom stereocenters. The molecule has 2 aromatic carbocycles. The highest BCUT2D eigenvalue weighted by atomic mass is 35.5. The highest BCUT2D eigenvalue weighted by Gasteiger charge is 2.13. The van der Waals surface area contributed by atoms with Gasteiger partial charge in [0.2, 0.25) is 0 Å². The molecule has 2 heterocycles. The molecule has 5 heteroatoms. The number of aromatic nitrogens is 2. The molecule has 0 spiro atoms. The van der Waals surface area contributed by atoms with Crippen molar-refractivity contribution >= 4 is 45.0 Å². The minimum absolute atomic E-state index is 0.255. The average Bonchev–Trinajstić information content (AvgIpc) is 2.99. The lowest BCUT2D eigenvalue weighted by atomic mass is 10.1. The highest BCUT2D eigenvalue weighted by Crippen LogP contribution is 2.25. The van der Waals surface area contributed by atoms with Crippen molar-refractivity contribution in [3.8, 4) is 0 Å². The number of H-pyrrole nitrogens is 1. The first kappa shape index (κ1) is 14.7. The van der Waals surface area contributed by atoms with Gasteiger partial charge >= 0.3 is 0 Å². The molecule has 0 aliphatic heterocycles. The second-order valence-corrected chi connectivity index (χ2v) is 6.15. The van der Waals surface area contributed by atoms with Crippen molar-refractivity contribution in [2.45, 2.75) is 6.92 Å². The van der Waals surface area contributed by atoms with Crippen molar-refractivity contribution in [1.29, 1.82) is 0 Å². The Morgan fingerprint density at radius 3 is 2.71 bits per heavy atom. The minimum Gasteiger partial charge on any atom is -0.357 e. The van der Waals surface area contributed by atoms with Crippen LogP contribution in [0.5, 0.6) is 0 Å².